The Kier molecular flexibility index (Phi) is 3.57. The van der Waals surface area contributed by atoms with Gasteiger partial charge in [-0.05, 0) is 19.1 Å². The molecule has 0 spiro atoms. The third-order valence-corrected chi connectivity index (χ3v) is 2.18. The van der Waals surface area contributed by atoms with Crippen molar-refractivity contribution in [2.75, 3.05) is 0 Å². The van der Waals surface area contributed by atoms with Gasteiger partial charge in [0.25, 0.3) is 5.69 Å². The summed E-state index contributed by atoms with van der Waals surface area (Å²) in [6, 6.07) is 3.76. The maximum atomic E-state index is 11.4. The van der Waals surface area contributed by atoms with E-state index in [0.29, 0.717) is 5.56 Å². The first-order valence-electron chi connectivity index (χ1n) is 4.14. The van der Waals surface area contributed by atoms with Gasteiger partial charge >= 0.3 is 0 Å². The van der Waals surface area contributed by atoms with Crippen LogP contribution in [0.25, 0.3) is 0 Å². The Morgan fingerprint density at radius 2 is 2.19 bits per heavy atom. The Hall–Kier alpha value is -1.95. The number of carbonyl (C=O) groups is 1. The number of aryl methyl sites for hydroxylation is 1. The van der Waals surface area contributed by atoms with E-state index in [1.54, 1.807) is 0 Å². The van der Waals surface area contributed by atoms with E-state index in [9.17, 15) is 14.9 Å². The van der Waals surface area contributed by atoms with Crippen LogP contribution in [0.2, 0.25) is 0 Å². The predicted molar refractivity (Wildman–Crippen MR) is 57.2 cm³/mol. The number of halogens is 1. The maximum absolute atomic E-state index is 11.4. The number of ketones is 1. The molecule has 0 fully saturated rings. The number of nitrogens with zero attached hydrogens (tertiary/aromatic N) is 2. The van der Waals surface area contributed by atoms with Crippen LogP contribution in [-0.2, 0) is 0 Å². The Balaban J connectivity index is 3.16. The highest BCUT2D eigenvalue weighted by atomic mass is 35.5. The largest absolute Gasteiger partial charge is 0.410 e. The zero-order valence-corrected chi connectivity index (χ0v) is 8.93. The lowest BCUT2D eigenvalue weighted by Gasteiger charge is -2.00. The fourth-order valence-electron chi connectivity index (χ4n) is 1.17. The van der Waals surface area contributed by atoms with Crippen LogP contribution in [0.4, 0.5) is 5.69 Å². The van der Waals surface area contributed by atoms with Crippen molar-refractivity contribution in [3.63, 3.8) is 0 Å². The first-order chi connectivity index (χ1) is 7.47. The maximum Gasteiger partial charge on any atom is 0.272 e. The molecule has 16 heavy (non-hydrogen) atoms. The molecule has 0 unspecified atom stereocenters. The van der Waals surface area contributed by atoms with Gasteiger partial charge in [0.1, 0.15) is 0 Å². The average Bonchev–Trinajstić information content (AvgIpc) is 2.26. The van der Waals surface area contributed by atoms with Crippen molar-refractivity contribution in [1.29, 1.82) is 0 Å². The van der Waals surface area contributed by atoms with E-state index in [1.807, 2.05) is 0 Å². The number of hydrogen-bond donors (Lipinski definition) is 1. The van der Waals surface area contributed by atoms with Crippen molar-refractivity contribution in [2.24, 2.45) is 5.16 Å². The Morgan fingerprint density at radius 3 is 2.62 bits per heavy atom. The van der Waals surface area contributed by atoms with Crippen molar-refractivity contribution >= 4 is 28.2 Å². The van der Waals surface area contributed by atoms with E-state index >= 15 is 0 Å². The molecule has 0 saturated carbocycles. The summed E-state index contributed by atoms with van der Waals surface area (Å²) in [6.45, 7) is 1.50. The van der Waals surface area contributed by atoms with Gasteiger partial charge in [0.2, 0.25) is 11.0 Å². The molecule has 1 aromatic carbocycles. The minimum Gasteiger partial charge on any atom is -0.410 e. The van der Waals surface area contributed by atoms with Crippen LogP contribution in [-0.4, -0.2) is 21.1 Å². The lowest BCUT2D eigenvalue weighted by molar-refractivity contribution is -0.385. The molecular formula is C9H7ClN2O4. The predicted octanol–water partition coefficient (Wildman–Crippen LogP) is 2.11. The molecule has 7 heteroatoms. The molecule has 1 N–H and O–H groups in total. The van der Waals surface area contributed by atoms with E-state index in [-0.39, 0.29) is 11.3 Å². The number of oxime groups is 1. The zero-order valence-electron chi connectivity index (χ0n) is 8.18. The zero-order chi connectivity index (χ0) is 12.3. The number of Topliss-reactive ketones (excluding diaryl/α,β-unsaturated/α-hetero) is 1. The molecule has 0 saturated heterocycles. The van der Waals surface area contributed by atoms with Gasteiger partial charge in [-0.25, -0.2) is 0 Å². The molecule has 1 aromatic rings. The fraction of sp³-hybridized carbons (Fsp3) is 0.111. The molecule has 0 bridgehead atoms. The Labute approximate surface area is 95.3 Å². The molecule has 0 radical (unpaired) electrons. The van der Waals surface area contributed by atoms with E-state index in [1.165, 1.54) is 25.1 Å². The van der Waals surface area contributed by atoms with Crippen LogP contribution in [0.5, 0.6) is 0 Å². The summed E-state index contributed by atoms with van der Waals surface area (Å²) in [4.78, 5) is 21.4. The van der Waals surface area contributed by atoms with Crippen molar-refractivity contribution in [3.05, 3.63) is 39.4 Å². The van der Waals surface area contributed by atoms with E-state index < -0.39 is 15.9 Å². The molecule has 84 valence electrons. The first-order valence-corrected chi connectivity index (χ1v) is 4.52. The third-order valence-electron chi connectivity index (χ3n) is 1.93. The van der Waals surface area contributed by atoms with Crippen LogP contribution < -0.4 is 0 Å². The van der Waals surface area contributed by atoms with Crippen molar-refractivity contribution in [1.82, 2.24) is 0 Å². The molecule has 6 nitrogen and oxygen atoms in total. The summed E-state index contributed by atoms with van der Waals surface area (Å²) >= 11 is 5.32. The second-order valence-corrected chi connectivity index (χ2v) is 3.34. The minimum atomic E-state index is -0.692. The van der Waals surface area contributed by atoms with E-state index in [2.05, 4.69) is 5.16 Å². The molecule has 1 rings (SSSR count). The summed E-state index contributed by atoms with van der Waals surface area (Å²) in [5, 5.41) is 20.8. The van der Waals surface area contributed by atoms with Gasteiger partial charge < -0.3 is 5.21 Å². The highest BCUT2D eigenvalue weighted by Gasteiger charge is 2.16. The van der Waals surface area contributed by atoms with Crippen LogP contribution in [0.3, 0.4) is 0 Å². The molecular weight excluding hydrogens is 236 g/mol. The number of rotatable bonds is 3. The van der Waals surface area contributed by atoms with Gasteiger partial charge in [-0.1, -0.05) is 16.8 Å². The SMILES string of the molecule is Cc1cc(C(=O)C(Cl)=NO)ccc1[N+](=O)[O-]. The summed E-state index contributed by atoms with van der Waals surface area (Å²) in [5.41, 5.74) is 0.373. The summed E-state index contributed by atoms with van der Waals surface area (Å²) in [7, 11) is 0. The van der Waals surface area contributed by atoms with Gasteiger partial charge in [0.05, 0.1) is 4.92 Å². The van der Waals surface area contributed by atoms with E-state index in [4.69, 9.17) is 16.8 Å². The van der Waals surface area contributed by atoms with Crippen molar-refractivity contribution < 1.29 is 14.9 Å². The monoisotopic (exact) mass is 242 g/mol. The number of carbonyl (C=O) groups excluding carboxylic acids is 1. The van der Waals surface area contributed by atoms with E-state index in [0.717, 1.165) is 0 Å². The summed E-state index contributed by atoms with van der Waals surface area (Å²) in [6.07, 6.45) is 0. The molecule has 0 aliphatic heterocycles. The lowest BCUT2D eigenvalue weighted by Crippen LogP contribution is -2.08. The van der Waals surface area contributed by atoms with Gasteiger partial charge in [0, 0.05) is 17.2 Å². The molecule has 0 atom stereocenters. The second-order valence-electron chi connectivity index (χ2n) is 2.98. The number of benzene rings is 1. The van der Waals surface area contributed by atoms with Crippen LogP contribution in [0, 0.1) is 17.0 Å². The topological polar surface area (TPSA) is 92.8 Å². The standard InChI is InChI=1S/C9H7ClN2O4/c1-5-4-6(8(13)9(10)11-14)2-3-7(5)12(15)16/h2-4,14H,1H3. The summed E-state index contributed by atoms with van der Waals surface area (Å²) in [5.74, 6) is -0.692. The molecule has 0 heterocycles. The quantitative estimate of drug-likeness (QED) is 0.289. The minimum absolute atomic E-state index is 0.0893. The van der Waals surface area contributed by atoms with Gasteiger partial charge in [-0.3, -0.25) is 14.9 Å². The smallest absolute Gasteiger partial charge is 0.272 e. The number of nitro benzene ring substituents is 1. The fourth-order valence-corrected chi connectivity index (χ4v) is 1.28. The molecule has 0 aromatic heterocycles. The highest BCUT2D eigenvalue weighted by molar-refractivity contribution is 6.84. The lowest BCUT2D eigenvalue weighted by atomic mass is 10.1. The van der Waals surface area contributed by atoms with Gasteiger partial charge in [-0.15, -0.1) is 0 Å². The molecule has 0 amide bonds. The average molecular weight is 243 g/mol. The van der Waals surface area contributed by atoms with Gasteiger partial charge in [-0.2, -0.15) is 0 Å². The summed E-state index contributed by atoms with van der Waals surface area (Å²) < 4.78 is 0. The Bertz CT molecular complexity index is 484. The van der Waals surface area contributed by atoms with Crippen LogP contribution >= 0.6 is 11.6 Å². The van der Waals surface area contributed by atoms with Crippen molar-refractivity contribution in [2.45, 2.75) is 6.92 Å². The highest BCUT2D eigenvalue weighted by Crippen LogP contribution is 2.19. The number of nitro groups is 1. The number of hydrogen-bond acceptors (Lipinski definition) is 5. The normalized spacial score (nSPS) is 11.2. The first kappa shape index (κ1) is 12.1. The molecule has 0 aliphatic rings. The second kappa shape index (κ2) is 4.71. The van der Waals surface area contributed by atoms with Crippen LogP contribution in [0.15, 0.2) is 23.4 Å². The van der Waals surface area contributed by atoms with Gasteiger partial charge in [0.15, 0.2) is 0 Å². The third kappa shape index (κ3) is 2.34. The Morgan fingerprint density at radius 1 is 1.56 bits per heavy atom. The molecule has 0 aliphatic carbocycles. The van der Waals surface area contributed by atoms with Crippen LogP contribution in [0.1, 0.15) is 15.9 Å². The van der Waals surface area contributed by atoms with Crippen molar-refractivity contribution in [3.8, 4) is 0 Å².